The highest BCUT2D eigenvalue weighted by atomic mass is 16.2. The molecule has 2 rings (SSSR count). The third kappa shape index (κ3) is 3.76. The number of carbonyl (C=O) groups is 1. The Hall–Kier alpha value is -1.55. The number of carbonyl (C=O) groups excluding carboxylic acids is 1. The summed E-state index contributed by atoms with van der Waals surface area (Å²) < 4.78 is 0. The Morgan fingerprint density at radius 1 is 1.29 bits per heavy atom. The van der Waals surface area contributed by atoms with Crippen LogP contribution in [0.15, 0.2) is 24.3 Å². The molecule has 1 aliphatic rings. The third-order valence-electron chi connectivity index (χ3n) is 4.50. The molecule has 4 nitrogen and oxygen atoms in total. The highest BCUT2D eigenvalue weighted by Crippen LogP contribution is 2.18. The summed E-state index contributed by atoms with van der Waals surface area (Å²) >= 11 is 0. The van der Waals surface area contributed by atoms with E-state index in [-0.39, 0.29) is 17.9 Å². The van der Waals surface area contributed by atoms with Gasteiger partial charge in [-0.05, 0) is 30.5 Å². The van der Waals surface area contributed by atoms with E-state index in [1.165, 1.54) is 11.3 Å². The SMILES string of the molecule is CCC(C)[C@H](N)C(=O)N1CCN(c2cccc(C)c2)CC1. The fourth-order valence-corrected chi connectivity index (χ4v) is 2.72. The number of piperazine rings is 1. The van der Waals surface area contributed by atoms with E-state index in [2.05, 4.69) is 43.0 Å². The molecule has 4 heteroatoms. The quantitative estimate of drug-likeness (QED) is 0.922. The standard InChI is InChI=1S/C17H27N3O/c1-4-14(3)16(18)17(21)20-10-8-19(9-11-20)15-7-5-6-13(2)12-15/h5-7,12,14,16H,4,8-11,18H2,1-3H3/t14?,16-/m0/s1. The lowest BCUT2D eigenvalue weighted by molar-refractivity contribution is -0.134. The van der Waals surface area contributed by atoms with Crippen LogP contribution in [-0.4, -0.2) is 43.0 Å². The maximum Gasteiger partial charge on any atom is 0.239 e. The second-order valence-electron chi connectivity index (χ2n) is 6.06. The van der Waals surface area contributed by atoms with Gasteiger partial charge in [0.1, 0.15) is 0 Å². The first-order chi connectivity index (χ1) is 10.0. The van der Waals surface area contributed by atoms with Crippen molar-refractivity contribution in [3.05, 3.63) is 29.8 Å². The summed E-state index contributed by atoms with van der Waals surface area (Å²) in [6.45, 7) is 9.51. The van der Waals surface area contributed by atoms with Crippen LogP contribution in [-0.2, 0) is 4.79 Å². The van der Waals surface area contributed by atoms with Gasteiger partial charge >= 0.3 is 0 Å². The largest absolute Gasteiger partial charge is 0.368 e. The van der Waals surface area contributed by atoms with Crippen LogP contribution in [0.4, 0.5) is 5.69 Å². The third-order valence-corrected chi connectivity index (χ3v) is 4.50. The highest BCUT2D eigenvalue weighted by molar-refractivity contribution is 5.82. The number of anilines is 1. The Labute approximate surface area is 127 Å². The minimum absolute atomic E-state index is 0.105. The molecule has 1 fully saturated rings. The van der Waals surface area contributed by atoms with Gasteiger partial charge in [0.2, 0.25) is 5.91 Å². The number of hydrogen-bond donors (Lipinski definition) is 1. The molecule has 0 spiro atoms. The van der Waals surface area contributed by atoms with E-state index in [9.17, 15) is 4.79 Å². The molecule has 0 bridgehead atoms. The maximum absolute atomic E-state index is 12.4. The normalized spacial score (nSPS) is 18.5. The predicted octanol–water partition coefficient (Wildman–Crippen LogP) is 2.02. The molecule has 0 radical (unpaired) electrons. The van der Waals surface area contributed by atoms with Crippen molar-refractivity contribution in [1.29, 1.82) is 0 Å². The van der Waals surface area contributed by atoms with Gasteiger partial charge in [0.15, 0.2) is 0 Å². The van der Waals surface area contributed by atoms with Crippen LogP contribution in [0.1, 0.15) is 25.8 Å². The smallest absolute Gasteiger partial charge is 0.239 e. The number of aryl methyl sites for hydroxylation is 1. The van der Waals surface area contributed by atoms with Crippen molar-refractivity contribution >= 4 is 11.6 Å². The monoisotopic (exact) mass is 289 g/mol. The molecule has 2 N–H and O–H groups in total. The van der Waals surface area contributed by atoms with Crippen LogP contribution in [0.3, 0.4) is 0 Å². The van der Waals surface area contributed by atoms with Crippen LogP contribution in [0, 0.1) is 12.8 Å². The molecule has 0 aromatic heterocycles. The Bertz CT molecular complexity index is 481. The summed E-state index contributed by atoms with van der Waals surface area (Å²) in [7, 11) is 0. The van der Waals surface area contributed by atoms with Gasteiger partial charge in [-0.2, -0.15) is 0 Å². The first-order valence-corrected chi connectivity index (χ1v) is 7.89. The first kappa shape index (κ1) is 15.8. The molecule has 1 aromatic carbocycles. The molecule has 1 aromatic rings. The fourth-order valence-electron chi connectivity index (χ4n) is 2.72. The number of benzene rings is 1. The Morgan fingerprint density at radius 2 is 1.95 bits per heavy atom. The van der Waals surface area contributed by atoms with Gasteiger partial charge in [0, 0.05) is 31.9 Å². The van der Waals surface area contributed by atoms with Crippen molar-refractivity contribution in [2.24, 2.45) is 11.7 Å². The van der Waals surface area contributed by atoms with Gasteiger partial charge in [0.25, 0.3) is 0 Å². The lowest BCUT2D eigenvalue weighted by Gasteiger charge is -2.37. The molecule has 21 heavy (non-hydrogen) atoms. The summed E-state index contributed by atoms with van der Waals surface area (Å²) in [5, 5.41) is 0. The Balaban J connectivity index is 1.92. The van der Waals surface area contributed by atoms with E-state index in [1.807, 2.05) is 11.8 Å². The molecule has 0 aliphatic carbocycles. The van der Waals surface area contributed by atoms with E-state index in [4.69, 9.17) is 5.73 Å². The van der Waals surface area contributed by atoms with Gasteiger partial charge in [0.05, 0.1) is 6.04 Å². The van der Waals surface area contributed by atoms with Crippen molar-refractivity contribution in [3.8, 4) is 0 Å². The number of nitrogens with two attached hydrogens (primary N) is 1. The van der Waals surface area contributed by atoms with E-state index in [1.54, 1.807) is 0 Å². The van der Waals surface area contributed by atoms with Gasteiger partial charge in [-0.25, -0.2) is 0 Å². The van der Waals surface area contributed by atoms with Crippen LogP contribution < -0.4 is 10.6 Å². The van der Waals surface area contributed by atoms with Crippen molar-refractivity contribution in [3.63, 3.8) is 0 Å². The van der Waals surface area contributed by atoms with Gasteiger partial charge < -0.3 is 15.5 Å². The van der Waals surface area contributed by atoms with E-state index in [0.717, 1.165) is 32.6 Å². The van der Waals surface area contributed by atoms with Crippen molar-refractivity contribution in [2.45, 2.75) is 33.2 Å². The number of amides is 1. The van der Waals surface area contributed by atoms with Gasteiger partial charge in [-0.15, -0.1) is 0 Å². The highest BCUT2D eigenvalue weighted by Gasteiger charge is 2.27. The topological polar surface area (TPSA) is 49.6 Å². The second kappa shape index (κ2) is 6.94. The molecule has 1 saturated heterocycles. The maximum atomic E-state index is 12.4. The van der Waals surface area contributed by atoms with Gasteiger partial charge in [-0.3, -0.25) is 4.79 Å². The average molecular weight is 289 g/mol. The van der Waals surface area contributed by atoms with Crippen molar-refractivity contribution < 1.29 is 4.79 Å². The van der Waals surface area contributed by atoms with E-state index in [0.29, 0.717) is 0 Å². The molecule has 2 atom stereocenters. The summed E-state index contributed by atoms with van der Waals surface area (Å²) in [6.07, 6.45) is 0.941. The molecule has 116 valence electrons. The zero-order valence-electron chi connectivity index (χ0n) is 13.4. The zero-order valence-corrected chi connectivity index (χ0v) is 13.4. The van der Waals surface area contributed by atoms with Crippen LogP contribution >= 0.6 is 0 Å². The van der Waals surface area contributed by atoms with Crippen LogP contribution in [0.5, 0.6) is 0 Å². The van der Waals surface area contributed by atoms with Gasteiger partial charge in [-0.1, -0.05) is 32.4 Å². The fraction of sp³-hybridized carbons (Fsp3) is 0.588. The summed E-state index contributed by atoms with van der Waals surface area (Å²) in [4.78, 5) is 16.6. The summed E-state index contributed by atoms with van der Waals surface area (Å²) in [5.74, 6) is 0.348. The zero-order chi connectivity index (χ0) is 15.4. The molecule has 1 unspecified atom stereocenters. The van der Waals surface area contributed by atoms with Crippen LogP contribution in [0.25, 0.3) is 0 Å². The number of hydrogen-bond acceptors (Lipinski definition) is 3. The number of rotatable bonds is 4. The molecule has 0 saturated carbocycles. The summed E-state index contributed by atoms with van der Waals surface area (Å²) in [6, 6.07) is 8.16. The van der Waals surface area contributed by atoms with E-state index >= 15 is 0 Å². The lowest BCUT2D eigenvalue weighted by atomic mass is 9.98. The molecular weight excluding hydrogens is 262 g/mol. The Kier molecular flexibility index (Phi) is 5.23. The first-order valence-electron chi connectivity index (χ1n) is 7.89. The minimum Gasteiger partial charge on any atom is -0.368 e. The number of nitrogens with zero attached hydrogens (tertiary/aromatic N) is 2. The van der Waals surface area contributed by atoms with E-state index < -0.39 is 0 Å². The predicted molar refractivity (Wildman–Crippen MR) is 87.4 cm³/mol. The van der Waals surface area contributed by atoms with Crippen molar-refractivity contribution in [1.82, 2.24) is 4.90 Å². The van der Waals surface area contributed by atoms with Crippen LogP contribution in [0.2, 0.25) is 0 Å². The van der Waals surface area contributed by atoms with Crippen molar-refractivity contribution in [2.75, 3.05) is 31.1 Å². The Morgan fingerprint density at radius 3 is 2.52 bits per heavy atom. The minimum atomic E-state index is -0.361. The lowest BCUT2D eigenvalue weighted by Crippen LogP contribution is -2.54. The molecule has 1 amide bonds. The molecule has 1 aliphatic heterocycles. The molecule has 1 heterocycles. The average Bonchev–Trinajstić information content (AvgIpc) is 2.53. The summed E-state index contributed by atoms with van der Waals surface area (Å²) in [5.41, 5.74) is 8.58. The molecular formula is C17H27N3O. The second-order valence-corrected chi connectivity index (χ2v) is 6.06.